The van der Waals surface area contributed by atoms with Crippen LogP contribution >= 0.6 is 0 Å². The molecular formula is C21H20F2N2O4. The van der Waals surface area contributed by atoms with Crippen molar-refractivity contribution >= 4 is 28.5 Å². The number of rotatable bonds is 9. The smallest absolute Gasteiger partial charge is 0.387 e. The maximum Gasteiger partial charge on any atom is 0.387 e. The zero-order valence-electron chi connectivity index (χ0n) is 15.5. The summed E-state index contributed by atoms with van der Waals surface area (Å²) in [6.07, 6.45) is 3.36. The van der Waals surface area contributed by atoms with E-state index in [2.05, 4.69) is 15.0 Å². The highest BCUT2D eigenvalue weighted by Gasteiger charge is 2.13. The number of aromatic amines is 1. The molecular weight excluding hydrogens is 382 g/mol. The number of esters is 1. The highest BCUT2D eigenvalue weighted by molar-refractivity contribution is 5.94. The van der Waals surface area contributed by atoms with Crippen molar-refractivity contribution in [1.29, 1.82) is 0 Å². The van der Waals surface area contributed by atoms with Gasteiger partial charge in [0.2, 0.25) is 0 Å². The van der Waals surface area contributed by atoms with Crippen LogP contribution in [0.1, 0.15) is 18.4 Å². The number of carbonyl (C=O) groups is 2. The van der Waals surface area contributed by atoms with Crippen LogP contribution in [0, 0.1) is 0 Å². The molecule has 0 saturated heterocycles. The largest absolute Gasteiger partial charge is 0.456 e. The first-order chi connectivity index (χ1) is 14.0. The highest BCUT2D eigenvalue weighted by Crippen LogP contribution is 2.25. The predicted octanol–water partition coefficient (Wildman–Crippen LogP) is 4.27. The van der Waals surface area contributed by atoms with Crippen molar-refractivity contribution in [2.75, 3.05) is 11.9 Å². The summed E-state index contributed by atoms with van der Waals surface area (Å²) in [7, 11) is 0. The minimum atomic E-state index is -3.01. The zero-order valence-corrected chi connectivity index (χ0v) is 15.5. The second-order valence-electron chi connectivity index (χ2n) is 6.30. The van der Waals surface area contributed by atoms with Crippen molar-refractivity contribution in [2.45, 2.75) is 25.9 Å². The molecule has 0 aliphatic rings. The van der Waals surface area contributed by atoms with E-state index in [-0.39, 0.29) is 17.9 Å². The van der Waals surface area contributed by atoms with Gasteiger partial charge in [0, 0.05) is 23.5 Å². The first-order valence-corrected chi connectivity index (χ1v) is 9.07. The average molecular weight is 402 g/mol. The Kier molecular flexibility index (Phi) is 6.78. The third kappa shape index (κ3) is 5.78. The van der Waals surface area contributed by atoms with E-state index in [1.54, 1.807) is 6.07 Å². The van der Waals surface area contributed by atoms with Gasteiger partial charge in [-0.3, -0.25) is 9.59 Å². The highest BCUT2D eigenvalue weighted by atomic mass is 19.3. The summed E-state index contributed by atoms with van der Waals surface area (Å²) >= 11 is 0. The number of nitrogens with one attached hydrogen (secondary N) is 2. The number of amides is 1. The molecule has 2 aromatic carbocycles. The summed E-state index contributed by atoms with van der Waals surface area (Å²) in [6.45, 7) is -3.52. The molecule has 152 valence electrons. The molecule has 1 aromatic heterocycles. The maximum absolute atomic E-state index is 12.4. The van der Waals surface area contributed by atoms with Crippen molar-refractivity contribution in [3.05, 3.63) is 60.3 Å². The van der Waals surface area contributed by atoms with Crippen LogP contribution in [-0.4, -0.2) is 30.1 Å². The number of aryl methyl sites for hydroxylation is 1. The van der Waals surface area contributed by atoms with Gasteiger partial charge >= 0.3 is 12.6 Å². The van der Waals surface area contributed by atoms with Gasteiger partial charge in [0.15, 0.2) is 6.61 Å². The molecule has 3 aromatic rings. The first kappa shape index (κ1) is 20.3. The molecule has 1 amide bonds. The van der Waals surface area contributed by atoms with Crippen LogP contribution in [0.4, 0.5) is 14.5 Å². The van der Waals surface area contributed by atoms with Crippen molar-refractivity contribution in [3.8, 4) is 5.75 Å². The first-order valence-electron chi connectivity index (χ1n) is 9.07. The minimum absolute atomic E-state index is 0.0770. The van der Waals surface area contributed by atoms with Crippen LogP contribution in [-0.2, 0) is 20.7 Å². The molecule has 2 N–H and O–H groups in total. The number of H-pyrrole nitrogens is 1. The fraction of sp³-hybridized carbons (Fsp3) is 0.238. The second kappa shape index (κ2) is 9.68. The standard InChI is InChI=1S/C21H20F2N2O4/c22-21(23)29-18-10-4-3-9-17(18)25-19(26)13-28-20(27)11-5-6-14-12-24-16-8-2-1-7-15(14)16/h1-4,7-10,12,21,24H,5-6,11,13H2,(H,25,26). The topological polar surface area (TPSA) is 80.4 Å². The molecule has 3 rings (SSSR count). The summed E-state index contributed by atoms with van der Waals surface area (Å²) in [5.41, 5.74) is 2.23. The van der Waals surface area contributed by atoms with Gasteiger partial charge in [0.05, 0.1) is 5.69 Å². The number of anilines is 1. The zero-order chi connectivity index (χ0) is 20.6. The fourth-order valence-electron chi connectivity index (χ4n) is 2.93. The Morgan fingerprint density at radius 1 is 1.07 bits per heavy atom. The Morgan fingerprint density at radius 3 is 2.66 bits per heavy atom. The third-order valence-corrected chi connectivity index (χ3v) is 4.24. The monoisotopic (exact) mass is 402 g/mol. The van der Waals surface area contributed by atoms with E-state index in [4.69, 9.17) is 4.74 Å². The fourth-order valence-corrected chi connectivity index (χ4v) is 2.93. The van der Waals surface area contributed by atoms with Gasteiger partial charge in [-0.1, -0.05) is 30.3 Å². The second-order valence-corrected chi connectivity index (χ2v) is 6.30. The quantitative estimate of drug-likeness (QED) is 0.524. The normalized spacial score (nSPS) is 10.9. The van der Waals surface area contributed by atoms with Gasteiger partial charge in [-0.05, 0) is 36.6 Å². The summed E-state index contributed by atoms with van der Waals surface area (Å²) < 4.78 is 34.1. The summed E-state index contributed by atoms with van der Waals surface area (Å²) in [4.78, 5) is 27.0. The maximum atomic E-state index is 12.4. The van der Waals surface area contributed by atoms with E-state index in [0.717, 1.165) is 16.5 Å². The lowest BCUT2D eigenvalue weighted by atomic mass is 10.1. The van der Waals surface area contributed by atoms with Crippen molar-refractivity contribution in [1.82, 2.24) is 4.98 Å². The Balaban J connectivity index is 1.42. The number of hydrogen-bond donors (Lipinski definition) is 2. The van der Waals surface area contributed by atoms with Crippen LogP contribution in [0.5, 0.6) is 5.75 Å². The molecule has 0 saturated carbocycles. The van der Waals surface area contributed by atoms with Crippen LogP contribution in [0.3, 0.4) is 0 Å². The van der Waals surface area contributed by atoms with Crippen molar-refractivity contribution < 1.29 is 27.8 Å². The molecule has 0 aliphatic heterocycles. The molecule has 0 fully saturated rings. The van der Waals surface area contributed by atoms with Crippen LogP contribution in [0.15, 0.2) is 54.7 Å². The summed E-state index contributed by atoms with van der Waals surface area (Å²) in [6, 6.07) is 13.7. The molecule has 8 heteroatoms. The lowest BCUT2D eigenvalue weighted by Crippen LogP contribution is -2.21. The SMILES string of the molecule is O=C(COC(=O)CCCc1c[nH]c2ccccc12)Nc1ccccc1OC(F)F. The van der Waals surface area contributed by atoms with E-state index < -0.39 is 25.1 Å². The molecule has 0 bridgehead atoms. The summed E-state index contributed by atoms with van der Waals surface area (Å²) in [5, 5.41) is 3.51. The number of ether oxygens (including phenoxy) is 2. The molecule has 0 unspecified atom stereocenters. The van der Waals surface area contributed by atoms with Crippen LogP contribution in [0.2, 0.25) is 0 Å². The van der Waals surface area contributed by atoms with Gasteiger partial charge in [0.25, 0.3) is 5.91 Å². The Labute approximate surface area is 165 Å². The number of carbonyl (C=O) groups excluding carboxylic acids is 2. The summed E-state index contributed by atoms with van der Waals surface area (Å²) in [5.74, 6) is -1.31. The van der Waals surface area contributed by atoms with E-state index in [9.17, 15) is 18.4 Å². The van der Waals surface area contributed by atoms with Crippen molar-refractivity contribution in [3.63, 3.8) is 0 Å². The number of fused-ring (bicyclic) bond motifs is 1. The molecule has 0 atom stereocenters. The molecule has 0 spiro atoms. The van der Waals surface area contributed by atoms with Gasteiger partial charge in [-0.15, -0.1) is 0 Å². The Bertz CT molecular complexity index is 987. The number of halogens is 2. The van der Waals surface area contributed by atoms with Gasteiger partial charge < -0.3 is 19.8 Å². The number of alkyl halides is 2. The van der Waals surface area contributed by atoms with E-state index in [1.165, 1.54) is 18.2 Å². The van der Waals surface area contributed by atoms with Crippen molar-refractivity contribution in [2.24, 2.45) is 0 Å². The predicted molar refractivity (Wildman–Crippen MR) is 104 cm³/mol. The molecule has 1 heterocycles. The van der Waals surface area contributed by atoms with Gasteiger partial charge in [0.1, 0.15) is 5.75 Å². The lowest BCUT2D eigenvalue weighted by molar-refractivity contribution is -0.147. The average Bonchev–Trinajstić information content (AvgIpc) is 3.11. The number of aromatic nitrogens is 1. The number of benzene rings is 2. The van der Waals surface area contributed by atoms with E-state index in [0.29, 0.717) is 12.8 Å². The van der Waals surface area contributed by atoms with E-state index in [1.807, 2.05) is 30.5 Å². The molecule has 6 nitrogen and oxygen atoms in total. The Hall–Kier alpha value is -3.42. The Morgan fingerprint density at radius 2 is 1.83 bits per heavy atom. The van der Waals surface area contributed by atoms with E-state index >= 15 is 0 Å². The minimum Gasteiger partial charge on any atom is -0.456 e. The van der Waals surface area contributed by atoms with Crippen LogP contribution < -0.4 is 10.1 Å². The van der Waals surface area contributed by atoms with Gasteiger partial charge in [-0.2, -0.15) is 8.78 Å². The third-order valence-electron chi connectivity index (χ3n) is 4.24. The molecule has 0 radical (unpaired) electrons. The lowest BCUT2D eigenvalue weighted by Gasteiger charge is -2.11. The molecule has 29 heavy (non-hydrogen) atoms. The number of hydrogen-bond acceptors (Lipinski definition) is 4. The molecule has 0 aliphatic carbocycles. The van der Waals surface area contributed by atoms with Crippen LogP contribution in [0.25, 0.3) is 10.9 Å². The number of para-hydroxylation sites is 3. The van der Waals surface area contributed by atoms with Gasteiger partial charge in [-0.25, -0.2) is 0 Å².